The van der Waals surface area contributed by atoms with E-state index in [1.54, 1.807) is 4.90 Å². The summed E-state index contributed by atoms with van der Waals surface area (Å²) in [5.74, 6) is 0. The number of aryl methyl sites for hydroxylation is 1. The van der Waals surface area contributed by atoms with Gasteiger partial charge in [-0.1, -0.05) is 54.6 Å². The minimum Gasteiger partial charge on any atom is -0.445 e. The van der Waals surface area contributed by atoms with Crippen molar-refractivity contribution in [1.29, 1.82) is 0 Å². The summed E-state index contributed by atoms with van der Waals surface area (Å²) < 4.78 is 5.37. The second-order valence-electron chi connectivity index (χ2n) is 6.37. The van der Waals surface area contributed by atoms with Crippen molar-refractivity contribution in [3.8, 4) is 0 Å². The minimum atomic E-state index is -0.860. The Labute approximate surface area is 142 Å². The lowest BCUT2D eigenvalue weighted by Gasteiger charge is -2.38. The molecule has 2 aromatic carbocycles. The number of ether oxygens (including phenoxy) is 1. The van der Waals surface area contributed by atoms with Crippen molar-refractivity contribution in [1.82, 2.24) is 4.90 Å². The molecule has 0 bridgehead atoms. The van der Waals surface area contributed by atoms with E-state index in [1.807, 2.05) is 61.5 Å². The Bertz CT molecular complexity index is 691. The summed E-state index contributed by atoms with van der Waals surface area (Å²) in [6.07, 6.45) is 0.738. The number of piperidine rings is 1. The smallest absolute Gasteiger partial charge is 0.410 e. The molecule has 1 aliphatic heterocycles. The summed E-state index contributed by atoms with van der Waals surface area (Å²) in [6.45, 7) is 3.28. The van der Waals surface area contributed by atoms with Crippen molar-refractivity contribution in [2.45, 2.75) is 32.0 Å². The van der Waals surface area contributed by atoms with Crippen molar-refractivity contribution in [3.63, 3.8) is 0 Å². The Morgan fingerprint density at radius 1 is 1.08 bits per heavy atom. The van der Waals surface area contributed by atoms with Crippen LogP contribution in [0.15, 0.2) is 54.6 Å². The van der Waals surface area contributed by atoms with E-state index in [2.05, 4.69) is 0 Å². The van der Waals surface area contributed by atoms with E-state index in [-0.39, 0.29) is 12.7 Å². The van der Waals surface area contributed by atoms with Crippen LogP contribution < -0.4 is 0 Å². The third-order valence-corrected chi connectivity index (χ3v) is 4.70. The predicted molar refractivity (Wildman–Crippen MR) is 92.5 cm³/mol. The van der Waals surface area contributed by atoms with Crippen molar-refractivity contribution >= 4 is 6.09 Å². The number of hydrogen-bond acceptors (Lipinski definition) is 3. The van der Waals surface area contributed by atoms with Gasteiger partial charge >= 0.3 is 6.09 Å². The molecule has 3 rings (SSSR count). The molecule has 0 atom stereocenters. The van der Waals surface area contributed by atoms with Crippen LogP contribution in [-0.4, -0.2) is 29.2 Å². The van der Waals surface area contributed by atoms with Crippen LogP contribution >= 0.6 is 0 Å². The monoisotopic (exact) mass is 325 g/mol. The van der Waals surface area contributed by atoms with Crippen LogP contribution in [0.2, 0.25) is 0 Å². The van der Waals surface area contributed by atoms with E-state index in [0.29, 0.717) is 25.9 Å². The average Bonchev–Trinajstić information content (AvgIpc) is 2.61. The highest BCUT2D eigenvalue weighted by Crippen LogP contribution is 2.34. The lowest BCUT2D eigenvalue weighted by molar-refractivity contribution is -0.0259. The fourth-order valence-corrected chi connectivity index (χ4v) is 3.23. The number of rotatable bonds is 3. The Hall–Kier alpha value is -2.33. The number of amides is 1. The van der Waals surface area contributed by atoms with Crippen LogP contribution in [0, 0.1) is 6.92 Å². The first kappa shape index (κ1) is 16.5. The Morgan fingerprint density at radius 2 is 1.71 bits per heavy atom. The molecule has 1 aliphatic rings. The number of benzene rings is 2. The van der Waals surface area contributed by atoms with E-state index in [4.69, 9.17) is 4.74 Å². The van der Waals surface area contributed by atoms with E-state index >= 15 is 0 Å². The fraction of sp³-hybridized carbons (Fsp3) is 0.350. The average molecular weight is 325 g/mol. The molecule has 0 saturated carbocycles. The summed E-state index contributed by atoms with van der Waals surface area (Å²) in [6, 6.07) is 17.5. The highest BCUT2D eigenvalue weighted by molar-refractivity contribution is 5.67. The molecule has 1 fully saturated rings. The number of carbonyl (C=O) groups is 1. The second-order valence-corrected chi connectivity index (χ2v) is 6.37. The maximum Gasteiger partial charge on any atom is 0.410 e. The van der Waals surface area contributed by atoms with Gasteiger partial charge in [0, 0.05) is 13.1 Å². The molecule has 0 unspecified atom stereocenters. The van der Waals surface area contributed by atoms with Gasteiger partial charge in [-0.2, -0.15) is 0 Å². The maximum absolute atomic E-state index is 12.2. The third-order valence-electron chi connectivity index (χ3n) is 4.70. The number of aliphatic hydroxyl groups is 1. The first-order valence-electron chi connectivity index (χ1n) is 8.33. The van der Waals surface area contributed by atoms with Gasteiger partial charge in [0.1, 0.15) is 6.61 Å². The van der Waals surface area contributed by atoms with Crippen LogP contribution in [-0.2, 0) is 16.9 Å². The molecule has 126 valence electrons. The zero-order chi connectivity index (χ0) is 17.0. The van der Waals surface area contributed by atoms with Gasteiger partial charge in [-0.15, -0.1) is 0 Å². The van der Waals surface area contributed by atoms with Gasteiger partial charge in [-0.05, 0) is 36.5 Å². The van der Waals surface area contributed by atoms with Crippen LogP contribution in [0.4, 0.5) is 4.79 Å². The molecular formula is C20H23NO3. The third kappa shape index (κ3) is 3.60. The highest BCUT2D eigenvalue weighted by Gasteiger charge is 2.36. The van der Waals surface area contributed by atoms with Gasteiger partial charge < -0.3 is 14.7 Å². The molecule has 4 heteroatoms. The zero-order valence-corrected chi connectivity index (χ0v) is 13.9. The summed E-state index contributed by atoms with van der Waals surface area (Å²) in [5, 5.41) is 11.0. The van der Waals surface area contributed by atoms with Crippen molar-refractivity contribution in [2.75, 3.05) is 13.1 Å². The van der Waals surface area contributed by atoms with Gasteiger partial charge in [0.25, 0.3) is 0 Å². The first-order valence-corrected chi connectivity index (χ1v) is 8.33. The van der Waals surface area contributed by atoms with E-state index in [1.165, 1.54) is 0 Å². The summed E-state index contributed by atoms with van der Waals surface area (Å²) in [4.78, 5) is 13.9. The predicted octanol–water partition coefficient (Wildman–Crippen LogP) is 3.62. The Morgan fingerprint density at radius 3 is 2.38 bits per heavy atom. The molecule has 4 nitrogen and oxygen atoms in total. The summed E-state index contributed by atoms with van der Waals surface area (Å²) >= 11 is 0. The summed E-state index contributed by atoms with van der Waals surface area (Å²) in [7, 11) is 0. The molecule has 1 saturated heterocycles. The number of carbonyl (C=O) groups excluding carboxylic acids is 1. The van der Waals surface area contributed by atoms with Crippen LogP contribution in [0.25, 0.3) is 0 Å². The lowest BCUT2D eigenvalue weighted by atomic mass is 9.82. The largest absolute Gasteiger partial charge is 0.445 e. The van der Waals surface area contributed by atoms with Gasteiger partial charge in [-0.3, -0.25) is 0 Å². The molecule has 0 spiro atoms. The molecule has 0 radical (unpaired) electrons. The molecule has 1 N–H and O–H groups in total. The number of likely N-dealkylation sites (tertiary alicyclic amines) is 1. The second kappa shape index (κ2) is 7.05. The SMILES string of the molecule is Cc1ccccc1C1(O)CCN(C(=O)OCc2ccccc2)CC1. The van der Waals surface area contributed by atoms with E-state index < -0.39 is 5.60 Å². The molecule has 2 aromatic rings. The van der Waals surface area contributed by atoms with E-state index in [9.17, 15) is 9.90 Å². The minimum absolute atomic E-state index is 0.276. The maximum atomic E-state index is 12.2. The molecule has 24 heavy (non-hydrogen) atoms. The van der Waals surface area contributed by atoms with Gasteiger partial charge in [0.05, 0.1) is 5.60 Å². The highest BCUT2D eigenvalue weighted by atomic mass is 16.6. The molecule has 0 aromatic heterocycles. The topological polar surface area (TPSA) is 49.8 Å². The summed E-state index contributed by atoms with van der Waals surface area (Å²) in [5.41, 5.74) is 2.16. The number of nitrogens with zero attached hydrogens (tertiary/aromatic N) is 1. The van der Waals surface area contributed by atoms with Gasteiger partial charge in [0.2, 0.25) is 0 Å². The zero-order valence-electron chi connectivity index (χ0n) is 13.9. The lowest BCUT2D eigenvalue weighted by Crippen LogP contribution is -2.45. The van der Waals surface area contributed by atoms with Crippen LogP contribution in [0.5, 0.6) is 0 Å². The van der Waals surface area contributed by atoms with Gasteiger partial charge in [0.15, 0.2) is 0 Å². The van der Waals surface area contributed by atoms with E-state index in [0.717, 1.165) is 16.7 Å². The number of hydrogen-bond donors (Lipinski definition) is 1. The van der Waals surface area contributed by atoms with Crippen LogP contribution in [0.3, 0.4) is 0 Å². The van der Waals surface area contributed by atoms with Gasteiger partial charge in [-0.25, -0.2) is 4.79 Å². The molecule has 0 aliphatic carbocycles. The van der Waals surface area contributed by atoms with Crippen molar-refractivity contribution in [2.24, 2.45) is 0 Å². The normalized spacial score (nSPS) is 16.7. The van der Waals surface area contributed by atoms with Crippen molar-refractivity contribution in [3.05, 3.63) is 71.3 Å². The first-order chi connectivity index (χ1) is 11.6. The quantitative estimate of drug-likeness (QED) is 0.938. The fourth-order valence-electron chi connectivity index (χ4n) is 3.23. The molecular weight excluding hydrogens is 302 g/mol. The molecule has 1 amide bonds. The van der Waals surface area contributed by atoms with Crippen LogP contribution in [0.1, 0.15) is 29.5 Å². The van der Waals surface area contributed by atoms with Crippen molar-refractivity contribution < 1.29 is 14.6 Å². The Kier molecular flexibility index (Phi) is 4.86. The Balaban J connectivity index is 1.56. The standard InChI is InChI=1S/C20H23NO3/c1-16-7-5-6-10-18(16)20(23)11-13-21(14-12-20)19(22)24-15-17-8-3-2-4-9-17/h2-10,23H,11-15H2,1H3. The molecule has 1 heterocycles.